The zero-order chi connectivity index (χ0) is 13.7. The van der Waals surface area contributed by atoms with E-state index >= 15 is 0 Å². The molecule has 3 atom stereocenters. The molecule has 20 heavy (non-hydrogen) atoms. The van der Waals surface area contributed by atoms with Gasteiger partial charge in [-0.1, -0.05) is 6.07 Å². The first-order valence-electron chi connectivity index (χ1n) is 7.19. The van der Waals surface area contributed by atoms with Gasteiger partial charge in [-0.05, 0) is 49.7 Å². The molecule has 2 aromatic rings. The zero-order valence-corrected chi connectivity index (χ0v) is 11.2. The average Bonchev–Trinajstić information content (AvgIpc) is 3.00. The first-order chi connectivity index (χ1) is 9.70. The summed E-state index contributed by atoms with van der Waals surface area (Å²) in [5.41, 5.74) is 12.4. The van der Waals surface area contributed by atoms with Crippen LogP contribution in [0.2, 0.25) is 0 Å². The number of aromatic nitrogens is 2. The third kappa shape index (κ3) is 1.77. The SMILES string of the molecule is Nc1nc(N)c2c(O[C@@H]3C[C@@H]4CC[C@@H]3C4)cccc2n1. The molecule has 2 fully saturated rings. The number of hydrogen-bond donors (Lipinski definition) is 2. The first-order valence-corrected chi connectivity index (χ1v) is 7.19. The van der Waals surface area contributed by atoms with Gasteiger partial charge in [0.05, 0.1) is 10.9 Å². The van der Waals surface area contributed by atoms with Crippen LogP contribution in [0, 0.1) is 11.8 Å². The molecule has 1 heterocycles. The maximum Gasteiger partial charge on any atom is 0.222 e. The van der Waals surface area contributed by atoms with E-state index in [9.17, 15) is 0 Å². The van der Waals surface area contributed by atoms with Crippen molar-refractivity contribution in [2.24, 2.45) is 11.8 Å². The molecule has 2 bridgehead atoms. The Kier molecular flexibility index (Phi) is 2.49. The molecule has 0 unspecified atom stereocenters. The van der Waals surface area contributed by atoms with Gasteiger partial charge in [-0.2, -0.15) is 4.98 Å². The minimum Gasteiger partial charge on any atom is -0.489 e. The Morgan fingerprint density at radius 2 is 2.00 bits per heavy atom. The second-order valence-corrected chi connectivity index (χ2v) is 5.95. The van der Waals surface area contributed by atoms with E-state index in [2.05, 4.69) is 9.97 Å². The van der Waals surface area contributed by atoms with Crippen molar-refractivity contribution < 1.29 is 4.74 Å². The summed E-state index contributed by atoms with van der Waals surface area (Å²) in [5.74, 6) is 2.94. The number of benzene rings is 1. The number of fused-ring (bicyclic) bond motifs is 3. The van der Waals surface area contributed by atoms with Crippen molar-refractivity contribution in [2.45, 2.75) is 31.8 Å². The number of nitrogens with two attached hydrogens (primary N) is 2. The lowest BCUT2D eigenvalue weighted by molar-refractivity contribution is 0.140. The van der Waals surface area contributed by atoms with Crippen molar-refractivity contribution in [3.8, 4) is 5.75 Å². The zero-order valence-electron chi connectivity index (χ0n) is 11.2. The summed E-state index contributed by atoms with van der Waals surface area (Å²) in [5, 5.41) is 0.782. The minimum atomic E-state index is 0.201. The molecule has 0 saturated heterocycles. The monoisotopic (exact) mass is 270 g/mol. The molecule has 104 valence electrons. The normalized spacial score (nSPS) is 28.1. The smallest absolute Gasteiger partial charge is 0.222 e. The van der Waals surface area contributed by atoms with Crippen molar-refractivity contribution in [1.82, 2.24) is 9.97 Å². The van der Waals surface area contributed by atoms with Crippen LogP contribution in [0.25, 0.3) is 10.9 Å². The molecular formula is C15H18N4O. The molecule has 0 amide bonds. The molecule has 5 heteroatoms. The number of hydrogen-bond acceptors (Lipinski definition) is 5. The predicted molar refractivity (Wildman–Crippen MR) is 78.2 cm³/mol. The summed E-state index contributed by atoms with van der Waals surface area (Å²) in [7, 11) is 0. The van der Waals surface area contributed by atoms with Crippen molar-refractivity contribution in [3.05, 3.63) is 18.2 Å². The van der Waals surface area contributed by atoms with Crippen LogP contribution in [0.3, 0.4) is 0 Å². The Labute approximate surface area is 117 Å². The van der Waals surface area contributed by atoms with Crippen LogP contribution in [0.4, 0.5) is 11.8 Å². The molecule has 4 rings (SSSR count). The van der Waals surface area contributed by atoms with Crippen LogP contribution in [0.15, 0.2) is 18.2 Å². The van der Waals surface area contributed by atoms with Gasteiger partial charge in [0.25, 0.3) is 0 Å². The fraction of sp³-hybridized carbons (Fsp3) is 0.467. The van der Waals surface area contributed by atoms with E-state index in [1.807, 2.05) is 18.2 Å². The van der Waals surface area contributed by atoms with Gasteiger partial charge >= 0.3 is 0 Å². The maximum absolute atomic E-state index is 6.24. The van der Waals surface area contributed by atoms with Gasteiger partial charge in [0.1, 0.15) is 17.7 Å². The van der Waals surface area contributed by atoms with E-state index in [0.717, 1.165) is 29.0 Å². The Balaban J connectivity index is 1.73. The minimum absolute atomic E-state index is 0.201. The number of rotatable bonds is 2. The Bertz CT molecular complexity index is 672. The highest BCUT2D eigenvalue weighted by Crippen LogP contribution is 2.46. The van der Waals surface area contributed by atoms with E-state index in [-0.39, 0.29) is 5.95 Å². The highest BCUT2D eigenvalue weighted by atomic mass is 16.5. The van der Waals surface area contributed by atoms with Crippen LogP contribution in [0.5, 0.6) is 5.75 Å². The van der Waals surface area contributed by atoms with E-state index in [0.29, 0.717) is 17.8 Å². The Morgan fingerprint density at radius 3 is 2.75 bits per heavy atom. The Hall–Kier alpha value is -2.04. The maximum atomic E-state index is 6.24. The van der Waals surface area contributed by atoms with Crippen LogP contribution < -0.4 is 16.2 Å². The van der Waals surface area contributed by atoms with Gasteiger partial charge in [-0.3, -0.25) is 0 Å². The molecule has 2 aliphatic rings. The van der Waals surface area contributed by atoms with E-state index in [1.54, 1.807) is 0 Å². The fourth-order valence-electron chi connectivity index (χ4n) is 3.79. The summed E-state index contributed by atoms with van der Waals surface area (Å²) in [6.45, 7) is 0. The second-order valence-electron chi connectivity index (χ2n) is 5.95. The van der Waals surface area contributed by atoms with Crippen LogP contribution in [-0.2, 0) is 0 Å². The molecule has 2 saturated carbocycles. The quantitative estimate of drug-likeness (QED) is 0.874. The second kappa shape index (κ2) is 4.23. The number of anilines is 2. The topological polar surface area (TPSA) is 87.0 Å². The lowest BCUT2D eigenvalue weighted by Gasteiger charge is -2.24. The van der Waals surface area contributed by atoms with Gasteiger partial charge in [-0.25, -0.2) is 4.98 Å². The van der Waals surface area contributed by atoms with Crippen LogP contribution in [-0.4, -0.2) is 16.1 Å². The largest absolute Gasteiger partial charge is 0.489 e. The van der Waals surface area contributed by atoms with Crippen LogP contribution in [0.1, 0.15) is 25.7 Å². The average molecular weight is 270 g/mol. The molecule has 2 aliphatic carbocycles. The molecule has 4 N–H and O–H groups in total. The highest BCUT2D eigenvalue weighted by Gasteiger charge is 2.41. The number of nitrogen functional groups attached to an aromatic ring is 2. The summed E-state index contributed by atoms with van der Waals surface area (Å²) < 4.78 is 6.24. The lowest BCUT2D eigenvalue weighted by atomic mass is 9.97. The van der Waals surface area contributed by atoms with E-state index in [4.69, 9.17) is 16.2 Å². The molecule has 5 nitrogen and oxygen atoms in total. The summed E-state index contributed by atoms with van der Waals surface area (Å²) in [6, 6.07) is 5.76. The molecule has 0 spiro atoms. The van der Waals surface area contributed by atoms with Gasteiger partial charge < -0.3 is 16.2 Å². The predicted octanol–water partition coefficient (Wildman–Crippen LogP) is 2.36. The summed E-state index contributed by atoms with van der Waals surface area (Å²) >= 11 is 0. The van der Waals surface area contributed by atoms with Gasteiger partial charge in [0.15, 0.2) is 0 Å². The van der Waals surface area contributed by atoms with E-state index < -0.39 is 0 Å². The van der Waals surface area contributed by atoms with Gasteiger partial charge in [0.2, 0.25) is 5.95 Å². The lowest BCUT2D eigenvalue weighted by Crippen LogP contribution is -2.23. The van der Waals surface area contributed by atoms with Crippen molar-refractivity contribution >= 4 is 22.7 Å². The first kappa shape index (κ1) is 11.8. The fourth-order valence-corrected chi connectivity index (χ4v) is 3.79. The molecule has 0 aliphatic heterocycles. The molecular weight excluding hydrogens is 252 g/mol. The van der Waals surface area contributed by atoms with Gasteiger partial charge in [-0.15, -0.1) is 0 Å². The number of ether oxygens (including phenoxy) is 1. The van der Waals surface area contributed by atoms with E-state index in [1.165, 1.54) is 19.3 Å². The standard InChI is InChI=1S/C15H18N4O/c16-14-13-10(18-15(17)19-14)2-1-3-11(13)20-12-7-8-4-5-9(12)6-8/h1-3,8-9,12H,4-7H2,(H4,16,17,18,19)/t8-,9-,12-/m1/s1. The van der Waals surface area contributed by atoms with Crippen molar-refractivity contribution in [2.75, 3.05) is 11.5 Å². The molecule has 1 aromatic carbocycles. The molecule has 1 aromatic heterocycles. The van der Waals surface area contributed by atoms with Crippen LogP contribution >= 0.6 is 0 Å². The van der Waals surface area contributed by atoms with Crippen molar-refractivity contribution in [3.63, 3.8) is 0 Å². The Morgan fingerprint density at radius 1 is 1.10 bits per heavy atom. The highest BCUT2D eigenvalue weighted by molar-refractivity contribution is 5.94. The number of nitrogens with zero attached hydrogens (tertiary/aromatic N) is 2. The summed E-state index contributed by atoms with van der Waals surface area (Å²) in [4.78, 5) is 8.28. The third-order valence-electron chi connectivity index (χ3n) is 4.68. The van der Waals surface area contributed by atoms with Crippen molar-refractivity contribution in [1.29, 1.82) is 0 Å². The van der Waals surface area contributed by atoms with Gasteiger partial charge in [0, 0.05) is 0 Å². The summed E-state index contributed by atoms with van der Waals surface area (Å²) in [6.07, 6.45) is 5.45. The third-order valence-corrected chi connectivity index (χ3v) is 4.68. The molecule has 0 radical (unpaired) electrons.